The summed E-state index contributed by atoms with van der Waals surface area (Å²) < 4.78 is 2.62. The number of fused-ring (bicyclic) bond motifs is 5. The van der Waals surface area contributed by atoms with Crippen LogP contribution in [0.15, 0.2) is 42.5 Å². The molecule has 1 aromatic heterocycles. The zero-order valence-electron chi connectivity index (χ0n) is 15.5. The average molecular weight is 334 g/mol. The fourth-order valence-electron chi connectivity index (χ4n) is 4.37. The zero-order valence-corrected chi connectivity index (χ0v) is 16.6. The van der Waals surface area contributed by atoms with Crippen LogP contribution in [0.1, 0.15) is 30.5 Å². The molecule has 0 amide bonds. The summed E-state index contributed by atoms with van der Waals surface area (Å²) in [5, 5.41) is 1.46. The normalized spacial score (nSPS) is 15.1. The largest absolute Gasteiger partial charge is 0.341 e. The van der Waals surface area contributed by atoms with Crippen molar-refractivity contribution < 1.29 is 0 Å². The third kappa shape index (κ3) is 2.12. The van der Waals surface area contributed by atoms with Crippen molar-refractivity contribution in [3.63, 3.8) is 0 Å². The predicted molar refractivity (Wildman–Crippen MR) is 108 cm³/mol. The molecule has 0 saturated heterocycles. The van der Waals surface area contributed by atoms with Crippen molar-refractivity contribution in [2.24, 2.45) is 0 Å². The molecule has 0 unspecified atom stereocenters. The van der Waals surface area contributed by atoms with Gasteiger partial charge in [-0.2, -0.15) is 0 Å². The molecule has 0 aliphatic heterocycles. The highest BCUT2D eigenvalue weighted by molar-refractivity contribution is 6.55. The second-order valence-corrected chi connectivity index (χ2v) is 11.6. The molecule has 0 N–H and O–H groups in total. The molecule has 1 aliphatic rings. The van der Waals surface area contributed by atoms with Crippen LogP contribution in [0.25, 0.3) is 22.2 Å². The van der Waals surface area contributed by atoms with Gasteiger partial charge in [-0.15, -0.1) is 0 Å². The van der Waals surface area contributed by atoms with Crippen LogP contribution in [0.5, 0.6) is 0 Å². The summed E-state index contributed by atoms with van der Waals surface area (Å²) in [6.45, 7) is 13.0. The highest BCUT2D eigenvalue weighted by Gasteiger charge is 2.39. The molecular weight excluding hydrogens is 306 g/mol. The third-order valence-electron chi connectivity index (χ3n) is 5.63. The first-order valence-electron chi connectivity index (χ1n) is 9.14. The maximum absolute atomic E-state index is 2.62. The highest BCUT2D eigenvalue weighted by Crippen LogP contribution is 2.52. The topological polar surface area (TPSA) is 4.93 Å². The minimum Gasteiger partial charge on any atom is -0.341 e. The van der Waals surface area contributed by atoms with Crippen LogP contribution in [0.2, 0.25) is 19.1 Å². The lowest BCUT2D eigenvalue weighted by Crippen LogP contribution is -2.14. The van der Waals surface area contributed by atoms with Gasteiger partial charge in [0.15, 0.2) is 0 Å². The zero-order chi connectivity index (χ0) is 17.1. The van der Waals surface area contributed by atoms with Gasteiger partial charge in [0.05, 0.1) is 5.69 Å². The maximum atomic E-state index is 2.62. The Kier molecular flexibility index (Phi) is 3.50. The van der Waals surface area contributed by atoms with E-state index in [4.69, 9.17) is 0 Å². The summed E-state index contributed by atoms with van der Waals surface area (Å²) in [7, 11) is -0.573. The molecule has 0 atom stereocenters. The van der Waals surface area contributed by atoms with Crippen LogP contribution >= 0.6 is 0 Å². The number of aromatic nitrogens is 1. The van der Waals surface area contributed by atoms with E-state index in [1.165, 1.54) is 44.9 Å². The number of rotatable bonds is 3. The lowest BCUT2D eigenvalue weighted by Gasteiger charge is -2.21. The Morgan fingerprint density at radius 2 is 1.79 bits per heavy atom. The number of aryl methyl sites for hydroxylation is 2. The van der Waals surface area contributed by atoms with Gasteiger partial charge in [-0.1, -0.05) is 62.8 Å². The molecule has 124 valence electrons. The number of hydrogen-bond acceptors (Lipinski definition) is 0. The minimum atomic E-state index is -0.573. The first-order chi connectivity index (χ1) is 11.4. The van der Waals surface area contributed by atoms with E-state index >= 15 is 0 Å². The van der Waals surface area contributed by atoms with Gasteiger partial charge in [-0.3, -0.25) is 0 Å². The first-order valence-corrected chi connectivity index (χ1v) is 12.3. The SMILES string of the molecule is Cc1ccc2c(c1)c1c(n2CC[SiH](C)C)-c2ccccc2C1(C)C. The van der Waals surface area contributed by atoms with Gasteiger partial charge in [-0.25, -0.2) is 0 Å². The Morgan fingerprint density at radius 3 is 2.54 bits per heavy atom. The van der Waals surface area contributed by atoms with Gasteiger partial charge in [0.2, 0.25) is 0 Å². The molecule has 3 aromatic rings. The monoisotopic (exact) mass is 333 g/mol. The van der Waals surface area contributed by atoms with E-state index in [0.717, 1.165) is 6.54 Å². The van der Waals surface area contributed by atoms with Crippen LogP contribution in [-0.4, -0.2) is 13.4 Å². The van der Waals surface area contributed by atoms with Crippen molar-refractivity contribution >= 4 is 19.7 Å². The second kappa shape index (κ2) is 5.35. The van der Waals surface area contributed by atoms with Crippen molar-refractivity contribution in [3.8, 4) is 11.3 Å². The molecule has 0 saturated carbocycles. The maximum Gasteiger partial charge on any atom is 0.0535 e. The summed E-state index contributed by atoms with van der Waals surface area (Å²) in [4.78, 5) is 0. The van der Waals surface area contributed by atoms with Crippen molar-refractivity contribution in [2.45, 2.75) is 51.9 Å². The Labute approximate surface area is 146 Å². The summed E-state index contributed by atoms with van der Waals surface area (Å²) in [6, 6.07) is 17.4. The Balaban J connectivity index is 2.07. The standard InChI is InChI=1S/C22H27NSi/c1-15-10-11-19-17(14-15)20-21(23(19)12-13-24(4)5)16-8-6-7-9-18(16)22(20,2)3/h6-11,14,24H,12-13H2,1-5H3. The fourth-order valence-corrected chi connectivity index (χ4v) is 5.14. The van der Waals surface area contributed by atoms with Crippen LogP contribution < -0.4 is 0 Å². The van der Waals surface area contributed by atoms with Crippen molar-refractivity contribution in [3.05, 3.63) is 59.2 Å². The Hall–Kier alpha value is -1.80. The summed E-state index contributed by atoms with van der Waals surface area (Å²) in [6.07, 6.45) is 0. The van der Waals surface area contributed by atoms with E-state index in [1.54, 1.807) is 0 Å². The minimum absolute atomic E-state index is 0.0818. The van der Waals surface area contributed by atoms with E-state index in [-0.39, 0.29) is 5.41 Å². The molecule has 0 fully saturated rings. The van der Waals surface area contributed by atoms with Crippen LogP contribution in [0, 0.1) is 6.92 Å². The van der Waals surface area contributed by atoms with Gasteiger partial charge in [0.1, 0.15) is 0 Å². The molecule has 24 heavy (non-hydrogen) atoms. The molecule has 4 rings (SSSR count). The molecule has 2 heteroatoms. The van der Waals surface area contributed by atoms with E-state index in [1.807, 2.05) is 0 Å². The van der Waals surface area contributed by atoms with E-state index < -0.39 is 8.80 Å². The molecule has 2 aromatic carbocycles. The average Bonchev–Trinajstić information content (AvgIpc) is 2.97. The highest BCUT2D eigenvalue weighted by atomic mass is 28.3. The molecule has 1 heterocycles. The van der Waals surface area contributed by atoms with E-state index in [9.17, 15) is 0 Å². The predicted octanol–water partition coefficient (Wildman–Crippen LogP) is 5.74. The first kappa shape index (κ1) is 15.7. The van der Waals surface area contributed by atoms with Crippen LogP contribution in [0.3, 0.4) is 0 Å². The molecular formula is C22H27NSi. The van der Waals surface area contributed by atoms with Gasteiger partial charge in [-0.05, 0) is 36.2 Å². The third-order valence-corrected chi connectivity index (χ3v) is 7.04. The van der Waals surface area contributed by atoms with Gasteiger partial charge >= 0.3 is 0 Å². The van der Waals surface area contributed by atoms with E-state index in [2.05, 4.69) is 80.9 Å². The quantitative estimate of drug-likeness (QED) is 0.538. The van der Waals surface area contributed by atoms with Crippen LogP contribution in [0.4, 0.5) is 0 Å². The number of benzene rings is 2. The van der Waals surface area contributed by atoms with E-state index in [0.29, 0.717) is 0 Å². The lowest BCUT2D eigenvalue weighted by atomic mass is 9.81. The summed E-state index contributed by atoms with van der Waals surface area (Å²) in [5.74, 6) is 0. The van der Waals surface area contributed by atoms with Crippen molar-refractivity contribution in [1.29, 1.82) is 0 Å². The Bertz CT molecular complexity index is 931. The number of hydrogen-bond donors (Lipinski definition) is 0. The van der Waals surface area contributed by atoms with Gasteiger partial charge < -0.3 is 4.57 Å². The molecule has 0 radical (unpaired) electrons. The molecule has 0 bridgehead atoms. The van der Waals surface area contributed by atoms with Gasteiger partial charge in [0.25, 0.3) is 0 Å². The van der Waals surface area contributed by atoms with Crippen molar-refractivity contribution in [2.75, 3.05) is 0 Å². The molecule has 1 aliphatic carbocycles. The van der Waals surface area contributed by atoms with Crippen molar-refractivity contribution in [1.82, 2.24) is 4.57 Å². The fraction of sp³-hybridized carbons (Fsp3) is 0.364. The summed E-state index contributed by atoms with van der Waals surface area (Å²) in [5.41, 5.74) is 8.79. The Morgan fingerprint density at radius 1 is 1.04 bits per heavy atom. The smallest absolute Gasteiger partial charge is 0.0535 e. The molecule has 0 spiro atoms. The second-order valence-electron chi connectivity index (χ2n) is 8.25. The van der Waals surface area contributed by atoms with Gasteiger partial charge in [0, 0.05) is 37.2 Å². The number of nitrogens with zero attached hydrogens (tertiary/aromatic N) is 1. The van der Waals surface area contributed by atoms with Crippen LogP contribution in [-0.2, 0) is 12.0 Å². The summed E-state index contributed by atoms with van der Waals surface area (Å²) >= 11 is 0. The lowest BCUT2D eigenvalue weighted by molar-refractivity contribution is 0.665. The molecule has 1 nitrogen and oxygen atoms in total.